The van der Waals surface area contributed by atoms with Crippen LogP contribution in [0.15, 0.2) is 96.3 Å². The molecule has 3 aromatic carbocycles. The molecule has 1 aliphatic heterocycles. The van der Waals surface area contributed by atoms with Gasteiger partial charge in [-0.05, 0) is 54.1 Å². The number of esters is 2. The number of ether oxygens (including phenoxy) is 3. The highest BCUT2D eigenvalue weighted by Crippen LogP contribution is 2.36. The first-order valence-corrected chi connectivity index (χ1v) is 16.1. The molecule has 9 nitrogen and oxygen atoms in total. The summed E-state index contributed by atoms with van der Waals surface area (Å²) >= 11 is 13.5. The number of carbonyl (C=O) groups excluding carboxylic acids is 2. The molecule has 12 heteroatoms. The van der Waals surface area contributed by atoms with Crippen molar-refractivity contribution in [2.75, 3.05) is 6.61 Å². The van der Waals surface area contributed by atoms with Crippen LogP contribution in [0.2, 0.25) is 10.0 Å². The van der Waals surface area contributed by atoms with E-state index in [-0.39, 0.29) is 13.0 Å². The number of fused-ring (bicyclic) bond motifs is 1. The molecule has 0 spiro atoms. The van der Waals surface area contributed by atoms with Gasteiger partial charge in [-0.15, -0.1) is 10.2 Å². The van der Waals surface area contributed by atoms with Crippen molar-refractivity contribution in [3.05, 3.63) is 124 Å². The highest BCUT2D eigenvalue weighted by atomic mass is 35.5. The molecule has 1 fully saturated rings. The van der Waals surface area contributed by atoms with Gasteiger partial charge in [0.2, 0.25) is 0 Å². The van der Waals surface area contributed by atoms with E-state index in [0.29, 0.717) is 32.6 Å². The van der Waals surface area contributed by atoms with Crippen LogP contribution in [0.1, 0.15) is 58.5 Å². The molecule has 3 heterocycles. The lowest BCUT2D eigenvalue weighted by atomic mass is 10.1. The molecule has 1 saturated heterocycles. The third-order valence-corrected chi connectivity index (χ3v) is 8.37. The quantitative estimate of drug-likeness (QED) is 0.116. The Hall–Kier alpha value is -3.96. The van der Waals surface area contributed by atoms with Crippen LogP contribution in [0.4, 0.5) is 0 Å². The number of rotatable bonds is 9. The molecule has 2 unspecified atom stereocenters. The van der Waals surface area contributed by atoms with E-state index in [1.807, 2.05) is 36.4 Å². The average Bonchev–Trinajstić information content (AvgIpc) is 3.69. The Morgan fingerprint density at radius 2 is 1.56 bits per heavy atom. The first-order chi connectivity index (χ1) is 21.9. The summed E-state index contributed by atoms with van der Waals surface area (Å²) in [6.45, 7) is 3.85. The van der Waals surface area contributed by atoms with Gasteiger partial charge in [0, 0.05) is 34.6 Å². The zero-order valence-electron chi connectivity index (χ0n) is 24.5. The number of hydrogen-bond donors (Lipinski definition) is 0. The molecular formula is C33H30Cl2N4O5S. The predicted molar refractivity (Wildman–Crippen MR) is 173 cm³/mol. The lowest BCUT2D eigenvalue weighted by Crippen LogP contribution is -2.32. The van der Waals surface area contributed by atoms with Crippen molar-refractivity contribution in [3.8, 4) is 0 Å². The van der Waals surface area contributed by atoms with Crippen molar-refractivity contribution >= 4 is 52.5 Å². The van der Waals surface area contributed by atoms with Crippen molar-refractivity contribution in [2.45, 2.75) is 49.4 Å². The van der Waals surface area contributed by atoms with Gasteiger partial charge in [0.1, 0.15) is 29.9 Å². The Labute approximate surface area is 274 Å². The number of nitrogens with zero attached hydrogens (tertiary/aromatic N) is 4. The molecule has 0 amide bonds. The maximum absolute atomic E-state index is 13.0. The average molecular weight is 666 g/mol. The second-order valence-electron chi connectivity index (χ2n) is 9.71. The third-order valence-electron chi connectivity index (χ3n) is 6.82. The Balaban J connectivity index is 0.00000196. The van der Waals surface area contributed by atoms with E-state index in [9.17, 15) is 9.59 Å². The minimum absolute atomic E-state index is 0.146. The fraction of sp³-hybridized carbons (Fsp3) is 0.242. The van der Waals surface area contributed by atoms with E-state index >= 15 is 0 Å². The van der Waals surface area contributed by atoms with Crippen LogP contribution in [-0.2, 0) is 20.0 Å². The number of thioether (sulfide) groups is 1. The summed E-state index contributed by atoms with van der Waals surface area (Å²) in [6, 6.07) is 22.8. The SMILES string of the molecule is CC.O=C(OCC1OC(c2nnc3c(SCc4ccccc4)nccn23)C[C@H]1OC(=O)c1ccc(Cl)cc1)c1ccc(Cl)cc1. The van der Waals surface area contributed by atoms with Crippen LogP contribution < -0.4 is 0 Å². The fourth-order valence-corrected chi connectivity index (χ4v) is 5.79. The van der Waals surface area contributed by atoms with E-state index in [1.165, 1.54) is 0 Å². The van der Waals surface area contributed by atoms with Crippen molar-refractivity contribution < 1.29 is 23.8 Å². The molecule has 0 N–H and O–H groups in total. The van der Waals surface area contributed by atoms with E-state index in [1.54, 1.807) is 72.7 Å². The normalized spacial score (nSPS) is 17.4. The van der Waals surface area contributed by atoms with Gasteiger partial charge < -0.3 is 14.2 Å². The first-order valence-electron chi connectivity index (χ1n) is 14.4. The minimum Gasteiger partial charge on any atom is -0.459 e. The van der Waals surface area contributed by atoms with Gasteiger partial charge in [0.05, 0.1) is 11.1 Å². The highest BCUT2D eigenvalue weighted by molar-refractivity contribution is 7.98. The van der Waals surface area contributed by atoms with Gasteiger partial charge in [-0.1, -0.05) is 79.1 Å². The van der Waals surface area contributed by atoms with Crippen LogP contribution >= 0.6 is 35.0 Å². The monoisotopic (exact) mass is 664 g/mol. The molecule has 5 aromatic rings. The molecular weight excluding hydrogens is 635 g/mol. The summed E-state index contributed by atoms with van der Waals surface area (Å²) in [5.74, 6) is 0.151. The number of benzene rings is 3. The van der Waals surface area contributed by atoms with Gasteiger partial charge >= 0.3 is 11.9 Å². The topological polar surface area (TPSA) is 105 Å². The van der Waals surface area contributed by atoms with E-state index < -0.39 is 30.3 Å². The van der Waals surface area contributed by atoms with Crippen molar-refractivity contribution in [3.63, 3.8) is 0 Å². The number of hydrogen-bond acceptors (Lipinski definition) is 9. The number of aromatic nitrogens is 4. The Morgan fingerprint density at radius 1 is 0.911 bits per heavy atom. The van der Waals surface area contributed by atoms with Gasteiger partial charge in [-0.3, -0.25) is 4.40 Å². The van der Waals surface area contributed by atoms with Crippen molar-refractivity contribution in [2.24, 2.45) is 0 Å². The van der Waals surface area contributed by atoms with Crippen LogP contribution in [-0.4, -0.2) is 50.3 Å². The maximum atomic E-state index is 13.0. The van der Waals surface area contributed by atoms with Crippen LogP contribution in [0.25, 0.3) is 5.65 Å². The molecule has 1 aliphatic rings. The van der Waals surface area contributed by atoms with E-state index in [0.717, 1.165) is 16.3 Å². The summed E-state index contributed by atoms with van der Waals surface area (Å²) < 4.78 is 19.6. The molecule has 3 atom stereocenters. The molecule has 0 aliphatic carbocycles. The summed E-state index contributed by atoms with van der Waals surface area (Å²) in [5, 5.41) is 10.5. The first kappa shape index (κ1) is 32.4. The van der Waals surface area contributed by atoms with Crippen LogP contribution in [0.3, 0.4) is 0 Å². The smallest absolute Gasteiger partial charge is 0.338 e. The summed E-state index contributed by atoms with van der Waals surface area (Å²) in [7, 11) is 0. The second kappa shape index (κ2) is 15.4. The molecule has 2 aromatic heterocycles. The van der Waals surface area contributed by atoms with Crippen LogP contribution in [0, 0.1) is 0 Å². The Kier molecular flexibility index (Phi) is 11.1. The fourth-order valence-electron chi connectivity index (χ4n) is 4.64. The Morgan fingerprint density at radius 3 is 2.22 bits per heavy atom. The van der Waals surface area contributed by atoms with E-state index in [2.05, 4.69) is 27.3 Å². The summed E-state index contributed by atoms with van der Waals surface area (Å²) in [5.41, 5.74) is 2.43. The standard InChI is InChI=1S/C31H24Cl2N4O5S.C2H6/c32-22-10-6-20(7-11-22)30(38)40-17-26-24(42-31(39)21-8-12-23(33)13-9-21)16-25(41-26)27-35-36-28-29(34-14-15-37(27)28)43-18-19-4-2-1-3-5-19;1-2/h1-15,24-26H,16-18H2;1-2H3/t24-,25?,26?;/m1./s1. The molecule has 232 valence electrons. The number of halogens is 2. The number of carbonyl (C=O) groups is 2. The maximum Gasteiger partial charge on any atom is 0.338 e. The molecule has 0 bridgehead atoms. The van der Waals surface area contributed by atoms with Crippen LogP contribution in [0.5, 0.6) is 0 Å². The predicted octanol–water partition coefficient (Wildman–Crippen LogP) is 7.66. The lowest BCUT2D eigenvalue weighted by Gasteiger charge is -2.19. The largest absolute Gasteiger partial charge is 0.459 e. The minimum atomic E-state index is -0.751. The third kappa shape index (κ3) is 8.01. The molecule has 6 rings (SSSR count). The highest BCUT2D eigenvalue weighted by Gasteiger charge is 2.42. The molecule has 0 saturated carbocycles. The van der Waals surface area contributed by atoms with E-state index in [4.69, 9.17) is 37.4 Å². The zero-order chi connectivity index (χ0) is 31.8. The van der Waals surface area contributed by atoms with Crippen molar-refractivity contribution in [1.29, 1.82) is 0 Å². The molecule has 45 heavy (non-hydrogen) atoms. The lowest BCUT2D eigenvalue weighted by molar-refractivity contribution is -0.0441. The summed E-state index contributed by atoms with van der Waals surface area (Å²) in [6.07, 6.45) is 1.66. The summed E-state index contributed by atoms with van der Waals surface area (Å²) in [4.78, 5) is 30.2. The second-order valence-corrected chi connectivity index (χ2v) is 11.6. The van der Waals surface area contributed by atoms with Gasteiger partial charge in [0.25, 0.3) is 0 Å². The van der Waals surface area contributed by atoms with Gasteiger partial charge in [-0.25, -0.2) is 14.6 Å². The van der Waals surface area contributed by atoms with Gasteiger partial charge in [0.15, 0.2) is 11.5 Å². The Bertz CT molecular complexity index is 1740. The van der Waals surface area contributed by atoms with Gasteiger partial charge in [-0.2, -0.15) is 0 Å². The zero-order valence-corrected chi connectivity index (χ0v) is 26.8. The molecule has 0 radical (unpaired) electrons. The van der Waals surface area contributed by atoms with Crippen molar-refractivity contribution in [1.82, 2.24) is 19.6 Å².